The molecule has 0 radical (unpaired) electrons. The molecule has 0 aromatic heterocycles. The first kappa shape index (κ1) is 23.8. The molecule has 11 heteroatoms. The van der Waals surface area contributed by atoms with E-state index in [0.29, 0.717) is 12.1 Å². The van der Waals surface area contributed by atoms with Crippen molar-refractivity contribution in [2.75, 3.05) is 5.32 Å². The van der Waals surface area contributed by atoms with Gasteiger partial charge >= 0.3 is 6.18 Å². The van der Waals surface area contributed by atoms with Crippen LogP contribution in [0, 0.1) is 23.5 Å². The number of anilines is 1. The lowest BCUT2D eigenvalue weighted by atomic mass is 10.0. The standard InChI is InChI=1S/C22H17Cl2F5N2O2/c23-21(24)17(11-3-5-16(26)14(8-11)22(27,28)29)18(21)20(33)31-13-4-6-15(25)12(7-13)9-30-19(32)10-1-2-10/h3-8,10,17-18H,1-2,9H2,(H,30,32)(H,31,33). The number of hydrogen-bond acceptors (Lipinski definition) is 2. The first-order chi connectivity index (χ1) is 15.4. The number of rotatable bonds is 6. The van der Waals surface area contributed by atoms with E-state index >= 15 is 0 Å². The molecule has 2 aromatic rings. The molecule has 4 nitrogen and oxygen atoms in total. The molecule has 2 aromatic carbocycles. The van der Waals surface area contributed by atoms with Crippen molar-refractivity contribution in [3.05, 3.63) is 64.7 Å². The van der Waals surface area contributed by atoms with E-state index in [4.69, 9.17) is 23.2 Å². The molecule has 2 saturated carbocycles. The first-order valence-electron chi connectivity index (χ1n) is 10.0. The summed E-state index contributed by atoms with van der Waals surface area (Å²) in [6, 6.07) is 6.08. The van der Waals surface area contributed by atoms with Crippen LogP contribution in [-0.2, 0) is 22.3 Å². The van der Waals surface area contributed by atoms with Crippen molar-refractivity contribution in [2.24, 2.45) is 11.8 Å². The molecule has 2 fully saturated rings. The van der Waals surface area contributed by atoms with E-state index in [1.165, 1.54) is 12.1 Å². The molecule has 0 spiro atoms. The molecule has 0 saturated heterocycles. The zero-order chi connectivity index (χ0) is 24.1. The number of nitrogens with one attached hydrogen (secondary N) is 2. The predicted molar refractivity (Wildman–Crippen MR) is 112 cm³/mol. The Labute approximate surface area is 195 Å². The van der Waals surface area contributed by atoms with Crippen molar-refractivity contribution >= 4 is 40.7 Å². The number of amides is 2. The minimum absolute atomic E-state index is 0.0311. The maximum atomic E-state index is 14.1. The van der Waals surface area contributed by atoms with Crippen LogP contribution in [-0.4, -0.2) is 16.1 Å². The van der Waals surface area contributed by atoms with Crippen molar-refractivity contribution < 1.29 is 31.5 Å². The van der Waals surface area contributed by atoms with Gasteiger partial charge in [-0.2, -0.15) is 13.2 Å². The second kappa shape index (κ2) is 8.43. The molecule has 4 rings (SSSR count). The molecular weight excluding hydrogens is 490 g/mol. The van der Waals surface area contributed by atoms with Crippen molar-refractivity contribution in [1.82, 2.24) is 5.32 Å². The molecule has 0 heterocycles. The van der Waals surface area contributed by atoms with Crippen LogP contribution in [0.1, 0.15) is 35.4 Å². The number of carbonyl (C=O) groups is 2. The molecule has 2 N–H and O–H groups in total. The Hall–Kier alpha value is -2.39. The van der Waals surface area contributed by atoms with Gasteiger partial charge in [0.25, 0.3) is 0 Å². The highest BCUT2D eigenvalue weighted by atomic mass is 35.5. The molecule has 2 unspecified atom stereocenters. The van der Waals surface area contributed by atoms with Crippen LogP contribution in [0.15, 0.2) is 36.4 Å². The van der Waals surface area contributed by atoms with E-state index in [2.05, 4.69) is 10.6 Å². The van der Waals surface area contributed by atoms with Crippen LogP contribution < -0.4 is 10.6 Å². The number of benzene rings is 2. The lowest BCUT2D eigenvalue weighted by molar-refractivity contribution is -0.140. The summed E-state index contributed by atoms with van der Waals surface area (Å²) in [7, 11) is 0. The normalized spacial score (nSPS) is 21.4. The van der Waals surface area contributed by atoms with Crippen molar-refractivity contribution in [2.45, 2.75) is 35.8 Å². The largest absolute Gasteiger partial charge is 0.419 e. The fraction of sp³-hybridized carbons (Fsp3) is 0.364. The van der Waals surface area contributed by atoms with Gasteiger partial charge in [0.15, 0.2) is 0 Å². The molecule has 2 aliphatic carbocycles. The van der Waals surface area contributed by atoms with Gasteiger partial charge in [0, 0.05) is 29.6 Å². The highest BCUT2D eigenvalue weighted by Gasteiger charge is 2.67. The van der Waals surface area contributed by atoms with Crippen molar-refractivity contribution in [3.8, 4) is 0 Å². The summed E-state index contributed by atoms with van der Waals surface area (Å²) in [5.74, 6) is -5.05. The highest BCUT2D eigenvalue weighted by Crippen LogP contribution is 2.65. The Bertz CT molecular complexity index is 1120. The number of halogens is 7. The second-order valence-corrected chi connectivity index (χ2v) is 9.60. The summed E-state index contributed by atoms with van der Waals surface area (Å²) < 4.78 is 65.1. The fourth-order valence-corrected chi connectivity index (χ4v) is 4.53. The van der Waals surface area contributed by atoms with Crippen LogP contribution in [0.25, 0.3) is 0 Å². The van der Waals surface area contributed by atoms with E-state index in [-0.39, 0.29) is 35.2 Å². The van der Waals surface area contributed by atoms with Crippen LogP contribution in [0.2, 0.25) is 0 Å². The van der Waals surface area contributed by atoms with Gasteiger partial charge in [-0.05, 0) is 48.7 Å². The van der Waals surface area contributed by atoms with Gasteiger partial charge in [0.1, 0.15) is 16.0 Å². The van der Waals surface area contributed by atoms with E-state index < -0.39 is 45.5 Å². The molecule has 2 aliphatic rings. The van der Waals surface area contributed by atoms with Gasteiger partial charge in [0.05, 0.1) is 11.5 Å². The number of carbonyl (C=O) groups excluding carboxylic acids is 2. The predicted octanol–water partition coefficient (Wildman–Crippen LogP) is 5.54. The molecule has 0 bridgehead atoms. The maximum absolute atomic E-state index is 14.1. The summed E-state index contributed by atoms with van der Waals surface area (Å²) in [5, 5.41) is 5.15. The van der Waals surface area contributed by atoms with Crippen LogP contribution in [0.3, 0.4) is 0 Å². The van der Waals surface area contributed by atoms with Crippen LogP contribution in [0.5, 0.6) is 0 Å². The third kappa shape index (κ3) is 4.94. The molecule has 2 atom stereocenters. The van der Waals surface area contributed by atoms with E-state index in [9.17, 15) is 31.5 Å². The lowest BCUT2D eigenvalue weighted by Crippen LogP contribution is -2.25. The maximum Gasteiger partial charge on any atom is 0.419 e. The fourth-order valence-electron chi connectivity index (χ4n) is 3.70. The van der Waals surface area contributed by atoms with Gasteiger partial charge in [-0.15, -0.1) is 23.2 Å². The summed E-state index contributed by atoms with van der Waals surface area (Å²) in [4.78, 5) is 24.5. The average Bonchev–Trinajstić information content (AvgIpc) is 3.63. The summed E-state index contributed by atoms with van der Waals surface area (Å²) in [5.41, 5.74) is -1.17. The Kier molecular flexibility index (Phi) is 6.07. The summed E-state index contributed by atoms with van der Waals surface area (Å²) >= 11 is 12.3. The van der Waals surface area contributed by atoms with Gasteiger partial charge in [0.2, 0.25) is 11.8 Å². The lowest BCUT2D eigenvalue weighted by Gasteiger charge is -2.11. The van der Waals surface area contributed by atoms with Gasteiger partial charge < -0.3 is 10.6 Å². The molecule has 0 aliphatic heterocycles. The van der Waals surface area contributed by atoms with Crippen molar-refractivity contribution in [1.29, 1.82) is 0 Å². The topological polar surface area (TPSA) is 58.2 Å². The molecule has 33 heavy (non-hydrogen) atoms. The zero-order valence-corrected chi connectivity index (χ0v) is 18.3. The zero-order valence-electron chi connectivity index (χ0n) is 16.8. The Morgan fingerprint density at radius 1 is 1.00 bits per heavy atom. The third-order valence-corrected chi connectivity index (χ3v) is 6.65. The summed E-state index contributed by atoms with van der Waals surface area (Å²) in [6.07, 6.45) is -3.33. The summed E-state index contributed by atoms with van der Waals surface area (Å²) in [6.45, 7) is -0.0678. The van der Waals surface area contributed by atoms with Gasteiger partial charge in [-0.1, -0.05) is 6.07 Å². The highest BCUT2D eigenvalue weighted by molar-refractivity contribution is 6.53. The quantitative estimate of drug-likeness (QED) is 0.399. The van der Waals surface area contributed by atoms with E-state index in [0.717, 1.165) is 25.0 Å². The van der Waals surface area contributed by atoms with Crippen LogP contribution >= 0.6 is 23.2 Å². The average molecular weight is 507 g/mol. The van der Waals surface area contributed by atoms with Crippen molar-refractivity contribution in [3.63, 3.8) is 0 Å². The molecular formula is C22H17Cl2F5N2O2. The van der Waals surface area contributed by atoms with Crippen LogP contribution in [0.4, 0.5) is 27.6 Å². The SMILES string of the molecule is O=C(NCc1cc(NC(=O)C2C(c3ccc(F)c(C(F)(F)F)c3)C2(Cl)Cl)ccc1F)C1CC1. The number of hydrogen-bond donors (Lipinski definition) is 2. The van der Waals surface area contributed by atoms with Gasteiger partial charge in [-0.3, -0.25) is 9.59 Å². The second-order valence-electron chi connectivity index (χ2n) is 8.15. The smallest absolute Gasteiger partial charge is 0.352 e. The monoisotopic (exact) mass is 506 g/mol. The van der Waals surface area contributed by atoms with E-state index in [1.807, 2.05) is 0 Å². The molecule has 176 valence electrons. The third-order valence-electron chi connectivity index (χ3n) is 5.71. The Morgan fingerprint density at radius 3 is 2.30 bits per heavy atom. The molecule has 2 amide bonds. The Balaban J connectivity index is 1.48. The van der Waals surface area contributed by atoms with E-state index in [1.54, 1.807) is 0 Å². The Morgan fingerprint density at radius 2 is 1.67 bits per heavy atom. The number of alkyl halides is 5. The minimum atomic E-state index is -4.92. The minimum Gasteiger partial charge on any atom is -0.352 e. The van der Waals surface area contributed by atoms with Gasteiger partial charge in [-0.25, -0.2) is 8.78 Å². The first-order valence-corrected chi connectivity index (χ1v) is 10.8.